The molecule has 60 valence electrons. The van der Waals surface area contributed by atoms with Crippen LogP contribution in [0.5, 0.6) is 0 Å². The summed E-state index contributed by atoms with van der Waals surface area (Å²) < 4.78 is 0. The molecule has 0 aromatic rings. The van der Waals surface area contributed by atoms with Crippen molar-refractivity contribution in [2.45, 2.75) is 0 Å². The molecule has 0 saturated carbocycles. The van der Waals surface area contributed by atoms with Gasteiger partial charge in [0.15, 0.2) is 0 Å². The number of nitrogens with two attached hydrogens (primary N) is 1. The van der Waals surface area contributed by atoms with Crippen LogP contribution in [0.2, 0.25) is 0 Å². The Morgan fingerprint density at radius 2 is 2.00 bits per heavy atom. The van der Waals surface area contributed by atoms with Crippen LogP contribution in [0.3, 0.4) is 0 Å². The van der Waals surface area contributed by atoms with Gasteiger partial charge in [0.2, 0.25) is 0 Å². The van der Waals surface area contributed by atoms with Gasteiger partial charge in [-0.1, -0.05) is 0 Å². The van der Waals surface area contributed by atoms with Crippen LogP contribution in [0.1, 0.15) is 0 Å². The van der Waals surface area contributed by atoms with Gasteiger partial charge in [-0.15, -0.1) is 0 Å². The molecule has 0 aromatic carbocycles. The minimum absolute atomic E-state index is 0.726. The first kappa shape index (κ1) is 7.94. The van der Waals surface area contributed by atoms with Crippen molar-refractivity contribution in [2.75, 3.05) is 39.3 Å². The Hall–Kier alpha value is -0.160. The van der Waals surface area contributed by atoms with Crippen LogP contribution in [-0.4, -0.2) is 44.3 Å². The number of hydrogen-bond acceptors (Lipinski definition) is 4. The van der Waals surface area contributed by atoms with Gasteiger partial charge in [0.1, 0.15) is 0 Å². The highest BCUT2D eigenvalue weighted by Gasteiger charge is 2.14. The van der Waals surface area contributed by atoms with Gasteiger partial charge in [-0.05, 0) is 0 Å². The summed E-state index contributed by atoms with van der Waals surface area (Å²) in [5.41, 5.74) is 8.54. The number of hydrogen-bond donors (Lipinski definition) is 3. The molecule has 1 saturated heterocycles. The molecule has 1 heterocycles. The summed E-state index contributed by atoms with van der Waals surface area (Å²) in [6, 6.07) is 0. The second-order valence-electron chi connectivity index (χ2n) is 2.43. The molecule has 1 fully saturated rings. The van der Waals surface area contributed by atoms with Gasteiger partial charge < -0.3 is 11.1 Å². The molecule has 4 nitrogen and oxygen atoms in total. The first-order chi connectivity index (χ1) is 4.93. The van der Waals surface area contributed by atoms with Crippen molar-refractivity contribution in [3.8, 4) is 0 Å². The first-order valence-corrected chi connectivity index (χ1v) is 3.82. The van der Waals surface area contributed by atoms with Crippen LogP contribution in [0.4, 0.5) is 0 Å². The van der Waals surface area contributed by atoms with Crippen molar-refractivity contribution in [3.63, 3.8) is 0 Å². The fourth-order valence-electron chi connectivity index (χ4n) is 0.738. The molecule has 1 aliphatic rings. The zero-order chi connectivity index (χ0) is 7.23. The molecule has 0 atom stereocenters. The summed E-state index contributed by atoms with van der Waals surface area (Å²) in [7, 11) is 0. The summed E-state index contributed by atoms with van der Waals surface area (Å²) in [4.78, 5) is 0. The zero-order valence-corrected chi connectivity index (χ0v) is 6.27. The van der Waals surface area contributed by atoms with Crippen LogP contribution in [-0.2, 0) is 0 Å². The minimum Gasteiger partial charge on any atom is -0.329 e. The van der Waals surface area contributed by atoms with Crippen LogP contribution in [0.25, 0.3) is 0 Å². The Bertz CT molecular complexity index is 81.8. The maximum Gasteiger partial charge on any atom is 0.0273 e. The molecule has 0 radical (unpaired) electrons. The third-order valence-corrected chi connectivity index (χ3v) is 1.41. The van der Waals surface area contributed by atoms with Crippen molar-refractivity contribution in [1.82, 2.24) is 15.8 Å². The third-order valence-electron chi connectivity index (χ3n) is 1.41. The highest BCUT2D eigenvalue weighted by Crippen LogP contribution is 1.94. The second-order valence-corrected chi connectivity index (χ2v) is 2.43. The van der Waals surface area contributed by atoms with Crippen LogP contribution < -0.4 is 16.5 Å². The summed E-state index contributed by atoms with van der Waals surface area (Å²) in [5.74, 6) is 0. The van der Waals surface area contributed by atoms with Gasteiger partial charge in [0.05, 0.1) is 0 Å². The van der Waals surface area contributed by atoms with E-state index in [1.807, 2.05) is 0 Å². The number of nitrogens with zero attached hydrogens (tertiary/aromatic N) is 1. The monoisotopic (exact) mass is 144 g/mol. The van der Waals surface area contributed by atoms with Crippen molar-refractivity contribution >= 4 is 0 Å². The van der Waals surface area contributed by atoms with Crippen LogP contribution in [0, 0.1) is 0 Å². The van der Waals surface area contributed by atoms with Gasteiger partial charge in [0.25, 0.3) is 0 Å². The van der Waals surface area contributed by atoms with E-state index in [0.29, 0.717) is 0 Å². The molecule has 0 aromatic heterocycles. The Labute approximate surface area is 61.7 Å². The third kappa shape index (κ3) is 3.79. The average Bonchev–Trinajstić information content (AvgIpc) is 2.71. The number of nitrogens with one attached hydrogen (secondary N) is 2. The highest BCUT2D eigenvalue weighted by atomic mass is 15.6. The summed E-state index contributed by atoms with van der Waals surface area (Å²) >= 11 is 0. The van der Waals surface area contributed by atoms with Gasteiger partial charge in [0, 0.05) is 39.3 Å². The number of rotatable bonds is 6. The Morgan fingerprint density at radius 3 is 2.60 bits per heavy atom. The lowest BCUT2D eigenvalue weighted by Crippen LogP contribution is -2.33. The standard InChI is InChI=1S/C6H16N4/c7-1-2-8-3-4-9-10-5-6-10/h8-9H,1-7H2. The second kappa shape index (κ2) is 4.62. The van der Waals surface area contributed by atoms with Gasteiger partial charge in [-0.25, -0.2) is 5.01 Å². The Kier molecular flexibility index (Phi) is 3.67. The molecule has 0 unspecified atom stereocenters. The van der Waals surface area contributed by atoms with E-state index in [1.54, 1.807) is 0 Å². The van der Waals surface area contributed by atoms with E-state index >= 15 is 0 Å². The maximum absolute atomic E-state index is 5.29. The van der Waals surface area contributed by atoms with Crippen molar-refractivity contribution in [2.24, 2.45) is 5.73 Å². The zero-order valence-electron chi connectivity index (χ0n) is 6.27. The summed E-state index contributed by atoms with van der Waals surface area (Å²) in [6.07, 6.45) is 0. The SMILES string of the molecule is NCCNCCNN1CC1. The largest absolute Gasteiger partial charge is 0.329 e. The molecule has 0 aliphatic carbocycles. The molecule has 4 heteroatoms. The quantitative estimate of drug-likeness (QED) is 0.309. The van der Waals surface area contributed by atoms with Crippen molar-refractivity contribution < 1.29 is 0 Å². The first-order valence-electron chi connectivity index (χ1n) is 3.82. The Balaban J connectivity index is 1.68. The fraction of sp³-hybridized carbons (Fsp3) is 1.00. The van der Waals surface area contributed by atoms with Crippen LogP contribution >= 0.6 is 0 Å². The van der Waals surface area contributed by atoms with Gasteiger partial charge in [-0.3, -0.25) is 5.43 Å². The van der Waals surface area contributed by atoms with E-state index in [-0.39, 0.29) is 0 Å². The van der Waals surface area contributed by atoms with Gasteiger partial charge in [-0.2, -0.15) is 0 Å². The molecule has 1 rings (SSSR count). The molecule has 4 N–H and O–H groups in total. The molecule has 1 aliphatic heterocycles. The topological polar surface area (TPSA) is 53.1 Å². The molecule has 0 spiro atoms. The molecular formula is C6H16N4. The molecule has 0 bridgehead atoms. The normalized spacial score (nSPS) is 17.7. The summed E-state index contributed by atoms with van der Waals surface area (Å²) in [5, 5.41) is 5.39. The fourth-order valence-corrected chi connectivity index (χ4v) is 0.738. The smallest absolute Gasteiger partial charge is 0.0273 e. The van der Waals surface area contributed by atoms with Gasteiger partial charge >= 0.3 is 0 Å². The van der Waals surface area contributed by atoms with Crippen molar-refractivity contribution in [1.29, 1.82) is 0 Å². The van der Waals surface area contributed by atoms with E-state index < -0.39 is 0 Å². The van der Waals surface area contributed by atoms with E-state index in [0.717, 1.165) is 26.2 Å². The predicted molar refractivity (Wildman–Crippen MR) is 41.5 cm³/mol. The van der Waals surface area contributed by atoms with E-state index in [4.69, 9.17) is 5.73 Å². The lowest BCUT2D eigenvalue weighted by atomic mass is 10.6. The molecular weight excluding hydrogens is 128 g/mol. The van der Waals surface area contributed by atoms with Crippen LogP contribution in [0.15, 0.2) is 0 Å². The van der Waals surface area contributed by atoms with Crippen molar-refractivity contribution in [3.05, 3.63) is 0 Å². The molecule has 10 heavy (non-hydrogen) atoms. The Morgan fingerprint density at radius 1 is 1.20 bits per heavy atom. The lowest BCUT2D eigenvalue weighted by molar-refractivity contribution is 0.400. The van der Waals surface area contributed by atoms with E-state index in [2.05, 4.69) is 15.8 Å². The maximum atomic E-state index is 5.29. The predicted octanol–water partition coefficient (Wildman–Crippen LogP) is -1.65. The lowest BCUT2D eigenvalue weighted by Gasteiger charge is -2.04. The minimum atomic E-state index is 0.726. The summed E-state index contributed by atoms with van der Waals surface area (Å²) in [6.45, 7) is 6.08. The van der Waals surface area contributed by atoms with E-state index in [1.165, 1.54) is 13.1 Å². The van der Waals surface area contributed by atoms with E-state index in [9.17, 15) is 0 Å². The average molecular weight is 144 g/mol. The highest BCUT2D eigenvalue weighted by molar-refractivity contribution is 4.66. The number of hydrazine groups is 1. The molecule has 0 amide bonds.